The van der Waals surface area contributed by atoms with Crippen molar-refractivity contribution in [1.29, 1.82) is 0 Å². The molecule has 0 radical (unpaired) electrons. The molecule has 0 aliphatic carbocycles. The van der Waals surface area contributed by atoms with Crippen LogP contribution in [0.4, 0.5) is 34.1 Å². The minimum absolute atomic E-state index is 0.374. The van der Waals surface area contributed by atoms with Gasteiger partial charge in [0.25, 0.3) is 0 Å². The molecule has 0 saturated carbocycles. The fourth-order valence-electron chi connectivity index (χ4n) is 9.74. The van der Waals surface area contributed by atoms with E-state index in [2.05, 4.69) is 304 Å². The molecule has 0 spiro atoms. The lowest BCUT2D eigenvalue weighted by molar-refractivity contribution is 0.00578. The Bertz CT molecular complexity index is 2810. The third kappa shape index (κ3) is 17.8. The van der Waals surface area contributed by atoms with E-state index in [1.807, 2.05) is 0 Å². The Kier molecular flexibility index (Phi) is 23.6. The number of hydrogen-bond acceptors (Lipinski definition) is 6. The molecule has 0 amide bonds. The van der Waals surface area contributed by atoms with Crippen LogP contribution in [0.2, 0.25) is 0 Å². The number of nitrogens with zero attached hydrogens (tertiary/aromatic N) is 2. The third-order valence-electron chi connectivity index (χ3n) is 16.3. The smallest absolute Gasteiger partial charge is 0.399 e. The van der Waals surface area contributed by atoms with Crippen molar-refractivity contribution < 1.29 is 18.6 Å². The molecule has 0 bridgehead atoms. The molecular formula is C70H87B2Br3N2O4. The van der Waals surface area contributed by atoms with E-state index in [1.165, 1.54) is 97.5 Å². The first-order chi connectivity index (χ1) is 38.7. The van der Waals surface area contributed by atoms with Crippen molar-refractivity contribution >= 4 is 107 Å². The largest absolute Gasteiger partial charge is 0.494 e. The van der Waals surface area contributed by atoms with Gasteiger partial charge in [0, 0.05) is 47.5 Å². The maximum Gasteiger partial charge on any atom is 0.494 e. The minimum atomic E-state index is -0.389. The summed E-state index contributed by atoms with van der Waals surface area (Å²) in [5.41, 5.74) is 11.5. The highest BCUT2D eigenvalue weighted by Gasteiger charge is 2.52. The van der Waals surface area contributed by atoms with Crippen LogP contribution < -0.4 is 20.7 Å². The Labute approximate surface area is 513 Å². The van der Waals surface area contributed by atoms with Gasteiger partial charge in [0.05, 0.1) is 22.4 Å². The summed E-state index contributed by atoms with van der Waals surface area (Å²) in [6.45, 7) is 23.4. The Hall–Kier alpha value is -4.45. The monoisotopic (exact) mass is 1280 g/mol. The summed E-state index contributed by atoms with van der Waals surface area (Å²) >= 11 is 10.5. The molecular weight excluding hydrogens is 1190 g/mol. The average Bonchev–Trinajstić information content (AvgIpc) is 4.07. The molecule has 0 atom stereocenters. The van der Waals surface area contributed by atoms with Gasteiger partial charge in [-0.15, -0.1) is 0 Å². The fourth-order valence-corrected chi connectivity index (χ4v) is 10.5. The van der Waals surface area contributed by atoms with Gasteiger partial charge in [-0.1, -0.05) is 174 Å². The number of rotatable bonds is 21. The van der Waals surface area contributed by atoms with Gasteiger partial charge in [-0.05, 0) is 231 Å². The molecule has 2 aliphatic rings. The zero-order chi connectivity index (χ0) is 58.2. The molecule has 0 unspecified atom stereocenters. The lowest BCUT2D eigenvalue weighted by atomic mass is 9.79. The molecule has 2 saturated heterocycles. The van der Waals surface area contributed by atoms with Crippen molar-refractivity contribution in [3.8, 4) is 0 Å². The average molecular weight is 1280 g/mol. The molecule has 2 fully saturated rings. The Morgan fingerprint density at radius 1 is 0.296 bits per heavy atom. The van der Waals surface area contributed by atoms with E-state index in [0.717, 1.165) is 61.1 Å². The van der Waals surface area contributed by atoms with Crippen LogP contribution in [0, 0.1) is 0 Å². The second-order valence-corrected chi connectivity index (χ2v) is 26.4. The van der Waals surface area contributed by atoms with Crippen molar-refractivity contribution in [3.63, 3.8) is 0 Å². The van der Waals surface area contributed by atoms with Crippen molar-refractivity contribution in [2.24, 2.45) is 0 Å². The lowest BCUT2D eigenvalue weighted by Gasteiger charge is -2.32. The highest BCUT2D eigenvalue weighted by Crippen LogP contribution is 2.40. The van der Waals surface area contributed by atoms with Crippen LogP contribution >= 0.6 is 47.8 Å². The van der Waals surface area contributed by atoms with Crippen molar-refractivity contribution in [3.05, 3.63) is 200 Å². The van der Waals surface area contributed by atoms with Gasteiger partial charge in [0.2, 0.25) is 0 Å². The summed E-state index contributed by atoms with van der Waals surface area (Å²) in [6, 6.07) is 60.4. The van der Waals surface area contributed by atoms with Gasteiger partial charge < -0.3 is 28.4 Å². The third-order valence-corrected chi connectivity index (χ3v) is 17.9. The molecule has 9 rings (SSSR count). The summed E-state index contributed by atoms with van der Waals surface area (Å²) < 4.78 is 28.5. The number of hydrogen-bond donors (Lipinski definition) is 0. The Morgan fingerprint density at radius 2 is 0.519 bits per heavy atom. The molecule has 6 nitrogen and oxygen atoms in total. The van der Waals surface area contributed by atoms with E-state index < -0.39 is 0 Å². The summed E-state index contributed by atoms with van der Waals surface area (Å²) in [4.78, 5) is 4.56. The van der Waals surface area contributed by atoms with Gasteiger partial charge in [0.1, 0.15) is 0 Å². The standard InChI is InChI=1S/C34H45B2NO4.C22H21Br2N.C14H21Br/c1-10-11-12-25-13-19-28(20-14-25)37(29-21-15-26(16-22-29)35-38-31(2,3)32(4,5)39-35)30-23-17-27(18-24-30)36-40-33(6,7)34(8,9)41-36;1-2-3-4-17-5-11-20(12-6-17)25(21-13-7-18(23)8-14-21)22-15-9-19(24)10-16-22;1-2-3-4-5-6-7-8-13-9-11-14(15)12-10-13/h13-24H,10-12H2,1-9H3;5-16H,2-4H2,1H3;9-12H,2-8H2,1H3. The zero-order valence-electron chi connectivity index (χ0n) is 50.2. The molecule has 0 aromatic heterocycles. The highest BCUT2D eigenvalue weighted by molar-refractivity contribution is 9.11. The van der Waals surface area contributed by atoms with Crippen LogP contribution in [0.25, 0.3) is 0 Å². The topological polar surface area (TPSA) is 43.4 Å². The van der Waals surface area contributed by atoms with Gasteiger partial charge in [-0.3, -0.25) is 0 Å². The SMILES string of the molecule is CCCCCCCCc1ccc(Br)cc1.CCCCc1ccc(N(c2ccc(B3OC(C)(C)C(C)(C)O3)cc2)c2ccc(B3OC(C)(C)C(C)(C)O3)cc2)cc1.CCCCc1ccc(N(c2ccc(Br)cc2)c2ccc(Br)cc2)cc1. The molecule has 11 heteroatoms. The molecule has 0 N–H and O–H groups in total. The predicted molar refractivity (Wildman–Crippen MR) is 358 cm³/mol. The first-order valence-corrected chi connectivity index (χ1v) is 32.1. The molecule has 7 aromatic rings. The van der Waals surface area contributed by atoms with Gasteiger partial charge in [-0.2, -0.15) is 0 Å². The van der Waals surface area contributed by atoms with Gasteiger partial charge >= 0.3 is 14.2 Å². The van der Waals surface area contributed by atoms with E-state index in [0.29, 0.717) is 0 Å². The predicted octanol–water partition coefficient (Wildman–Crippen LogP) is 20.5. The maximum atomic E-state index is 6.30. The van der Waals surface area contributed by atoms with Gasteiger partial charge in [-0.25, -0.2) is 0 Å². The number of aryl methyl sites for hydroxylation is 3. The number of halogens is 3. The zero-order valence-corrected chi connectivity index (χ0v) is 54.9. The molecule has 2 aliphatic heterocycles. The summed E-state index contributed by atoms with van der Waals surface area (Å²) in [5, 5.41) is 0. The van der Waals surface area contributed by atoms with Crippen molar-refractivity contribution in [2.75, 3.05) is 9.80 Å². The van der Waals surface area contributed by atoms with Crippen molar-refractivity contribution in [2.45, 2.75) is 182 Å². The molecule has 2 heterocycles. The minimum Gasteiger partial charge on any atom is -0.399 e. The normalized spacial score (nSPS) is 15.6. The van der Waals surface area contributed by atoms with E-state index in [9.17, 15) is 0 Å². The summed E-state index contributed by atoms with van der Waals surface area (Å²) in [7, 11) is -0.779. The summed E-state index contributed by atoms with van der Waals surface area (Å²) in [5.74, 6) is 0. The van der Waals surface area contributed by atoms with Gasteiger partial charge in [0.15, 0.2) is 0 Å². The Morgan fingerprint density at radius 3 is 0.815 bits per heavy atom. The lowest BCUT2D eigenvalue weighted by Crippen LogP contribution is -2.41. The Balaban J connectivity index is 0.000000199. The molecule has 428 valence electrons. The van der Waals surface area contributed by atoms with Crippen LogP contribution in [0.3, 0.4) is 0 Å². The first kappa shape index (κ1) is 64.1. The summed E-state index contributed by atoms with van der Waals surface area (Å²) in [6.07, 6.45) is 16.6. The number of unbranched alkanes of at least 4 members (excludes halogenated alkanes) is 7. The fraction of sp³-hybridized carbons (Fsp3) is 0.400. The van der Waals surface area contributed by atoms with Crippen LogP contribution in [-0.4, -0.2) is 36.6 Å². The van der Waals surface area contributed by atoms with Crippen LogP contribution in [0.5, 0.6) is 0 Å². The van der Waals surface area contributed by atoms with E-state index in [-0.39, 0.29) is 36.6 Å². The highest BCUT2D eigenvalue weighted by atomic mass is 79.9. The van der Waals surface area contributed by atoms with E-state index in [1.54, 1.807) is 0 Å². The van der Waals surface area contributed by atoms with E-state index >= 15 is 0 Å². The second-order valence-electron chi connectivity index (χ2n) is 23.7. The number of anilines is 6. The quantitative estimate of drug-likeness (QED) is 0.0528. The van der Waals surface area contributed by atoms with Crippen molar-refractivity contribution in [1.82, 2.24) is 0 Å². The second kappa shape index (κ2) is 29.9. The molecule has 81 heavy (non-hydrogen) atoms. The van der Waals surface area contributed by atoms with Crippen LogP contribution in [-0.2, 0) is 37.9 Å². The van der Waals surface area contributed by atoms with Crippen LogP contribution in [0.15, 0.2) is 183 Å². The van der Waals surface area contributed by atoms with E-state index in [4.69, 9.17) is 18.6 Å². The maximum absolute atomic E-state index is 6.30. The van der Waals surface area contributed by atoms with Crippen LogP contribution in [0.1, 0.15) is 157 Å². The first-order valence-electron chi connectivity index (χ1n) is 29.7. The number of benzene rings is 7. The molecule has 7 aromatic carbocycles.